The Morgan fingerprint density at radius 3 is 2.83 bits per heavy atom. The molecule has 2 aromatic rings. The summed E-state index contributed by atoms with van der Waals surface area (Å²) in [5.74, 6) is 0.198. The Morgan fingerprint density at radius 2 is 2.04 bits per heavy atom. The van der Waals surface area contributed by atoms with Crippen LogP contribution in [0.15, 0.2) is 30.3 Å². The molecule has 1 amide bonds. The van der Waals surface area contributed by atoms with Crippen LogP contribution in [-0.4, -0.2) is 39.2 Å². The Morgan fingerprint density at radius 1 is 1.21 bits per heavy atom. The van der Waals surface area contributed by atoms with Crippen molar-refractivity contribution in [1.29, 1.82) is 0 Å². The Balaban J connectivity index is 1.58. The van der Waals surface area contributed by atoms with Crippen molar-refractivity contribution in [2.75, 3.05) is 6.54 Å². The van der Waals surface area contributed by atoms with E-state index in [2.05, 4.69) is 52.6 Å². The van der Waals surface area contributed by atoms with Crippen LogP contribution in [0.2, 0.25) is 0 Å². The van der Waals surface area contributed by atoms with Crippen LogP contribution in [0, 0.1) is 13.8 Å². The van der Waals surface area contributed by atoms with Gasteiger partial charge in [0.15, 0.2) is 0 Å². The van der Waals surface area contributed by atoms with Crippen LogP contribution in [0.5, 0.6) is 0 Å². The topological polar surface area (TPSA) is 50.2 Å². The van der Waals surface area contributed by atoms with Crippen LogP contribution in [0.4, 0.5) is 0 Å². The molecule has 126 valence electrons. The SMILES string of the molecule is Cc1cc(C)n(-c2cccc(CN3[C@@H]4CC[C@H]3CNC(=O)C4)c2)n1. The fraction of sp³-hybridized carbons (Fsp3) is 0.474. The lowest BCUT2D eigenvalue weighted by molar-refractivity contribution is -0.121. The minimum absolute atomic E-state index is 0.198. The molecule has 4 rings (SSSR count). The second-order valence-electron chi connectivity index (χ2n) is 7.07. The summed E-state index contributed by atoms with van der Waals surface area (Å²) in [4.78, 5) is 14.3. The summed E-state index contributed by atoms with van der Waals surface area (Å²) >= 11 is 0. The van der Waals surface area contributed by atoms with Crippen molar-refractivity contribution in [2.24, 2.45) is 0 Å². The second kappa shape index (κ2) is 6.06. The lowest BCUT2D eigenvalue weighted by atomic mass is 10.1. The third-order valence-electron chi connectivity index (χ3n) is 5.26. The summed E-state index contributed by atoms with van der Waals surface area (Å²) < 4.78 is 2.00. The lowest BCUT2D eigenvalue weighted by Gasteiger charge is -2.27. The zero-order valence-electron chi connectivity index (χ0n) is 14.3. The predicted molar refractivity (Wildman–Crippen MR) is 93.0 cm³/mol. The first-order valence-electron chi connectivity index (χ1n) is 8.75. The summed E-state index contributed by atoms with van der Waals surface area (Å²) in [6, 6.07) is 11.6. The van der Waals surface area contributed by atoms with E-state index in [1.807, 2.05) is 11.6 Å². The molecule has 2 saturated heterocycles. The van der Waals surface area contributed by atoms with Gasteiger partial charge in [-0.2, -0.15) is 5.10 Å². The zero-order valence-corrected chi connectivity index (χ0v) is 14.3. The fourth-order valence-electron chi connectivity index (χ4n) is 4.12. The summed E-state index contributed by atoms with van der Waals surface area (Å²) in [6.45, 7) is 5.79. The van der Waals surface area contributed by atoms with Crippen molar-refractivity contribution in [3.05, 3.63) is 47.3 Å². The third-order valence-corrected chi connectivity index (χ3v) is 5.26. The molecule has 2 bridgehead atoms. The van der Waals surface area contributed by atoms with Crippen LogP contribution in [0.25, 0.3) is 5.69 Å². The first-order chi connectivity index (χ1) is 11.6. The molecule has 0 saturated carbocycles. The van der Waals surface area contributed by atoms with Crippen LogP contribution in [0.3, 0.4) is 0 Å². The van der Waals surface area contributed by atoms with Crippen molar-refractivity contribution < 1.29 is 4.79 Å². The molecule has 1 N–H and O–H groups in total. The van der Waals surface area contributed by atoms with E-state index in [-0.39, 0.29) is 5.91 Å². The maximum absolute atomic E-state index is 11.8. The number of fused-ring (bicyclic) bond motifs is 2. The number of nitrogens with one attached hydrogen (secondary N) is 1. The number of aromatic nitrogens is 2. The number of amides is 1. The van der Waals surface area contributed by atoms with E-state index >= 15 is 0 Å². The number of hydrogen-bond donors (Lipinski definition) is 1. The van der Waals surface area contributed by atoms with E-state index in [1.165, 1.54) is 12.0 Å². The van der Waals surface area contributed by atoms with Crippen LogP contribution in [0.1, 0.15) is 36.2 Å². The first kappa shape index (κ1) is 15.4. The van der Waals surface area contributed by atoms with Gasteiger partial charge in [-0.15, -0.1) is 0 Å². The average Bonchev–Trinajstić information content (AvgIpc) is 3.03. The van der Waals surface area contributed by atoms with E-state index in [9.17, 15) is 4.79 Å². The van der Waals surface area contributed by atoms with Gasteiger partial charge in [0, 0.05) is 37.3 Å². The number of carbonyl (C=O) groups is 1. The molecule has 2 aliphatic rings. The number of aryl methyl sites for hydroxylation is 2. The summed E-state index contributed by atoms with van der Waals surface area (Å²) in [5.41, 5.74) is 4.57. The molecule has 2 aliphatic heterocycles. The minimum Gasteiger partial charge on any atom is -0.354 e. The van der Waals surface area contributed by atoms with Gasteiger partial charge in [0.1, 0.15) is 0 Å². The van der Waals surface area contributed by atoms with E-state index in [1.54, 1.807) is 0 Å². The molecule has 0 aliphatic carbocycles. The van der Waals surface area contributed by atoms with Gasteiger partial charge in [0.25, 0.3) is 0 Å². The monoisotopic (exact) mass is 324 g/mol. The molecule has 0 unspecified atom stereocenters. The molecule has 1 aromatic carbocycles. The summed E-state index contributed by atoms with van der Waals surface area (Å²) in [7, 11) is 0. The molecule has 3 heterocycles. The normalized spacial score (nSPS) is 24.0. The van der Waals surface area contributed by atoms with Gasteiger partial charge >= 0.3 is 0 Å². The molecular formula is C19H24N4O. The molecule has 2 fully saturated rings. The summed E-state index contributed by atoms with van der Waals surface area (Å²) in [6.07, 6.45) is 2.95. The maximum atomic E-state index is 11.8. The lowest BCUT2D eigenvalue weighted by Crippen LogP contribution is -2.37. The predicted octanol–water partition coefficient (Wildman–Crippen LogP) is 2.34. The number of benzene rings is 1. The Labute approximate surface area is 142 Å². The van der Waals surface area contributed by atoms with E-state index in [0.29, 0.717) is 18.5 Å². The van der Waals surface area contributed by atoms with Crippen molar-refractivity contribution >= 4 is 5.91 Å². The largest absolute Gasteiger partial charge is 0.354 e. The zero-order chi connectivity index (χ0) is 16.7. The summed E-state index contributed by atoms with van der Waals surface area (Å²) in [5, 5.41) is 7.63. The second-order valence-corrected chi connectivity index (χ2v) is 7.07. The van der Waals surface area contributed by atoms with Crippen LogP contribution < -0.4 is 5.32 Å². The smallest absolute Gasteiger partial charge is 0.221 e. The van der Waals surface area contributed by atoms with Gasteiger partial charge in [0.05, 0.1) is 11.4 Å². The molecular weight excluding hydrogens is 300 g/mol. The quantitative estimate of drug-likeness (QED) is 0.943. The minimum atomic E-state index is 0.198. The van der Waals surface area contributed by atoms with Crippen molar-refractivity contribution in [2.45, 2.75) is 51.7 Å². The van der Waals surface area contributed by atoms with E-state index < -0.39 is 0 Å². The molecule has 5 heteroatoms. The fourth-order valence-corrected chi connectivity index (χ4v) is 4.12. The maximum Gasteiger partial charge on any atom is 0.221 e. The van der Waals surface area contributed by atoms with Gasteiger partial charge in [-0.25, -0.2) is 4.68 Å². The standard InChI is InChI=1S/C19H24N4O/c1-13-8-14(2)23(21-13)17-5-3-4-15(9-17)12-22-16-6-7-18(22)11-20-19(24)10-16/h3-5,8-9,16,18H,6-7,10-12H2,1-2H3,(H,20,24)/t16-,18+/m1/s1. The van der Waals surface area contributed by atoms with Gasteiger partial charge in [-0.1, -0.05) is 12.1 Å². The average molecular weight is 324 g/mol. The molecule has 24 heavy (non-hydrogen) atoms. The van der Waals surface area contributed by atoms with Crippen LogP contribution >= 0.6 is 0 Å². The Bertz CT molecular complexity index is 766. The number of hydrogen-bond acceptors (Lipinski definition) is 3. The van der Waals surface area contributed by atoms with E-state index in [4.69, 9.17) is 0 Å². The van der Waals surface area contributed by atoms with Gasteiger partial charge in [-0.05, 0) is 50.5 Å². The molecule has 0 radical (unpaired) electrons. The Hall–Kier alpha value is -2.14. The van der Waals surface area contributed by atoms with Crippen molar-refractivity contribution in [3.8, 4) is 5.69 Å². The number of nitrogens with zero attached hydrogens (tertiary/aromatic N) is 3. The molecule has 2 atom stereocenters. The highest BCUT2D eigenvalue weighted by molar-refractivity contribution is 5.77. The van der Waals surface area contributed by atoms with Crippen molar-refractivity contribution in [1.82, 2.24) is 20.0 Å². The highest BCUT2D eigenvalue weighted by Gasteiger charge is 2.37. The molecule has 0 spiro atoms. The number of rotatable bonds is 3. The van der Waals surface area contributed by atoms with Gasteiger partial charge < -0.3 is 5.32 Å². The van der Waals surface area contributed by atoms with Crippen LogP contribution in [-0.2, 0) is 11.3 Å². The third kappa shape index (κ3) is 2.84. The molecule has 5 nitrogen and oxygen atoms in total. The first-order valence-corrected chi connectivity index (χ1v) is 8.75. The van der Waals surface area contributed by atoms with Gasteiger partial charge in [0.2, 0.25) is 5.91 Å². The highest BCUT2D eigenvalue weighted by atomic mass is 16.1. The highest BCUT2D eigenvalue weighted by Crippen LogP contribution is 2.30. The molecule has 1 aromatic heterocycles. The number of carbonyl (C=O) groups excluding carboxylic acids is 1. The Kier molecular flexibility index (Phi) is 3.88. The van der Waals surface area contributed by atoms with Gasteiger partial charge in [-0.3, -0.25) is 9.69 Å². The van der Waals surface area contributed by atoms with E-state index in [0.717, 1.165) is 36.6 Å². The van der Waals surface area contributed by atoms with Crippen molar-refractivity contribution in [3.63, 3.8) is 0 Å².